The Kier molecular flexibility index (Phi) is 4.23. The van der Waals surface area contributed by atoms with Gasteiger partial charge in [-0.05, 0) is 18.6 Å². The van der Waals surface area contributed by atoms with Crippen molar-refractivity contribution in [1.82, 2.24) is 15.0 Å². The van der Waals surface area contributed by atoms with Crippen LogP contribution in [-0.4, -0.2) is 15.0 Å². The van der Waals surface area contributed by atoms with Crippen molar-refractivity contribution >= 4 is 17.4 Å². The SMILES string of the molecule is CC(Nc1cc(Cl)nc(C(C)(C)C)n1)c1cccnc1. The van der Waals surface area contributed by atoms with Crippen molar-refractivity contribution in [2.45, 2.75) is 39.2 Å². The summed E-state index contributed by atoms with van der Waals surface area (Å²) in [6.45, 7) is 8.25. The predicted octanol–water partition coefficient (Wildman–Crippen LogP) is 4.00. The van der Waals surface area contributed by atoms with Gasteiger partial charge in [0.05, 0.1) is 6.04 Å². The molecule has 2 aromatic heterocycles. The van der Waals surface area contributed by atoms with E-state index in [9.17, 15) is 0 Å². The van der Waals surface area contributed by atoms with Crippen molar-refractivity contribution in [1.29, 1.82) is 0 Å². The fourth-order valence-corrected chi connectivity index (χ4v) is 1.95. The smallest absolute Gasteiger partial charge is 0.137 e. The third-order valence-corrected chi connectivity index (χ3v) is 3.11. The Morgan fingerprint density at radius 3 is 2.60 bits per heavy atom. The van der Waals surface area contributed by atoms with Gasteiger partial charge in [-0.1, -0.05) is 38.4 Å². The van der Waals surface area contributed by atoms with E-state index in [-0.39, 0.29) is 11.5 Å². The van der Waals surface area contributed by atoms with E-state index in [1.165, 1.54) is 0 Å². The number of hydrogen-bond donors (Lipinski definition) is 1. The number of nitrogens with one attached hydrogen (secondary N) is 1. The zero-order valence-electron chi connectivity index (χ0n) is 12.2. The molecule has 2 rings (SSSR count). The molecule has 0 aliphatic carbocycles. The van der Waals surface area contributed by atoms with Crippen LogP contribution >= 0.6 is 11.6 Å². The molecule has 0 bridgehead atoms. The van der Waals surface area contributed by atoms with E-state index in [1.807, 2.05) is 18.3 Å². The minimum atomic E-state index is -0.140. The Labute approximate surface area is 124 Å². The second-order valence-corrected chi connectivity index (χ2v) is 6.19. The fraction of sp³-hybridized carbons (Fsp3) is 0.400. The molecule has 0 radical (unpaired) electrons. The summed E-state index contributed by atoms with van der Waals surface area (Å²) in [4.78, 5) is 13.0. The van der Waals surface area contributed by atoms with Gasteiger partial charge in [-0.3, -0.25) is 4.98 Å². The number of aromatic nitrogens is 3. The monoisotopic (exact) mass is 290 g/mol. The van der Waals surface area contributed by atoms with Crippen LogP contribution in [-0.2, 0) is 5.41 Å². The van der Waals surface area contributed by atoms with Crippen LogP contribution in [0.5, 0.6) is 0 Å². The molecule has 0 saturated heterocycles. The van der Waals surface area contributed by atoms with Crippen LogP contribution in [0.1, 0.15) is 45.1 Å². The second-order valence-electron chi connectivity index (χ2n) is 5.80. The molecule has 0 aromatic carbocycles. The van der Waals surface area contributed by atoms with E-state index in [4.69, 9.17) is 11.6 Å². The first-order valence-electron chi connectivity index (χ1n) is 6.58. The van der Waals surface area contributed by atoms with Gasteiger partial charge in [0.15, 0.2) is 0 Å². The number of nitrogens with zero attached hydrogens (tertiary/aromatic N) is 3. The van der Waals surface area contributed by atoms with Crippen LogP contribution in [0.4, 0.5) is 5.82 Å². The highest BCUT2D eigenvalue weighted by molar-refractivity contribution is 6.29. The zero-order chi connectivity index (χ0) is 14.8. The van der Waals surface area contributed by atoms with Crippen molar-refractivity contribution < 1.29 is 0 Å². The first kappa shape index (κ1) is 14.7. The van der Waals surface area contributed by atoms with Crippen LogP contribution in [0.15, 0.2) is 30.6 Å². The van der Waals surface area contributed by atoms with E-state index in [1.54, 1.807) is 12.3 Å². The summed E-state index contributed by atoms with van der Waals surface area (Å²) in [5, 5.41) is 3.79. The topological polar surface area (TPSA) is 50.7 Å². The predicted molar refractivity (Wildman–Crippen MR) is 82.0 cm³/mol. The number of hydrogen-bond acceptors (Lipinski definition) is 4. The minimum absolute atomic E-state index is 0.0995. The molecular formula is C15H19ClN4. The first-order valence-corrected chi connectivity index (χ1v) is 6.95. The average Bonchev–Trinajstić information content (AvgIpc) is 2.38. The lowest BCUT2D eigenvalue weighted by Gasteiger charge is -2.20. The van der Waals surface area contributed by atoms with Crippen molar-refractivity contribution in [3.63, 3.8) is 0 Å². The summed E-state index contributed by atoms with van der Waals surface area (Å²) in [6, 6.07) is 5.78. The molecule has 1 N–H and O–H groups in total. The van der Waals surface area contributed by atoms with Crippen LogP contribution in [0, 0.1) is 0 Å². The van der Waals surface area contributed by atoms with E-state index >= 15 is 0 Å². The summed E-state index contributed by atoms with van der Waals surface area (Å²) >= 11 is 6.08. The summed E-state index contributed by atoms with van der Waals surface area (Å²) in [7, 11) is 0. The Hall–Kier alpha value is -1.68. The van der Waals surface area contributed by atoms with Gasteiger partial charge >= 0.3 is 0 Å². The highest BCUT2D eigenvalue weighted by Gasteiger charge is 2.19. The summed E-state index contributed by atoms with van der Waals surface area (Å²) in [5.41, 5.74) is 0.957. The molecule has 20 heavy (non-hydrogen) atoms. The second kappa shape index (κ2) is 5.75. The quantitative estimate of drug-likeness (QED) is 0.868. The minimum Gasteiger partial charge on any atom is -0.363 e. The van der Waals surface area contributed by atoms with Gasteiger partial charge in [0.25, 0.3) is 0 Å². The summed E-state index contributed by atoms with van der Waals surface area (Å²) < 4.78 is 0. The lowest BCUT2D eigenvalue weighted by atomic mass is 9.96. The maximum absolute atomic E-state index is 6.08. The van der Waals surface area contributed by atoms with Gasteiger partial charge < -0.3 is 5.32 Å². The molecule has 0 aliphatic heterocycles. The van der Waals surface area contributed by atoms with Gasteiger partial charge in [0.1, 0.15) is 16.8 Å². The lowest BCUT2D eigenvalue weighted by Crippen LogP contribution is -2.18. The van der Waals surface area contributed by atoms with Gasteiger partial charge in [-0.25, -0.2) is 9.97 Å². The summed E-state index contributed by atoms with van der Waals surface area (Å²) in [5.74, 6) is 1.46. The Bertz CT molecular complexity index is 578. The van der Waals surface area contributed by atoms with Crippen LogP contribution in [0.3, 0.4) is 0 Å². The molecule has 2 aromatic rings. The molecule has 0 aliphatic rings. The molecule has 1 unspecified atom stereocenters. The van der Waals surface area contributed by atoms with Gasteiger partial charge in [-0.2, -0.15) is 0 Å². The van der Waals surface area contributed by atoms with Gasteiger partial charge in [-0.15, -0.1) is 0 Å². The maximum atomic E-state index is 6.08. The number of pyridine rings is 1. The van der Waals surface area contributed by atoms with E-state index in [2.05, 4.69) is 48.0 Å². The Morgan fingerprint density at radius 2 is 2.00 bits per heavy atom. The van der Waals surface area contributed by atoms with E-state index in [0.717, 1.165) is 17.2 Å². The number of anilines is 1. The largest absolute Gasteiger partial charge is 0.363 e. The molecule has 0 saturated carbocycles. The maximum Gasteiger partial charge on any atom is 0.137 e. The highest BCUT2D eigenvalue weighted by atomic mass is 35.5. The number of rotatable bonds is 3. The van der Waals surface area contributed by atoms with Crippen LogP contribution < -0.4 is 5.32 Å². The first-order chi connectivity index (χ1) is 9.36. The fourth-order valence-electron chi connectivity index (χ4n) is 1.76. The molecule has 106 valence electrons. The van der Waals surface area contributed by atoms with Crippen molar-refractivity contribution in [3.8, 4) is 0 Å². The van der Waals surface area contributed by atoms with E-state index < -0.39 is 0 Å². The molecule has 1 atom stereocenters. The highest BCUT2D eigenvalue weighted by Crippen LogP contribution is 2.24. The molecule has 0 spiro atoms. The van der Waals surface area contributed by atoms with Crippen LogP contribution in [0.25, 0.3) is 0 Å². The Balaban J connectivity index is 2.24. The van der Waals surface area contributed by atoms with E-state index in [0.29, 0.717) is 5.15 Å². The lowest BCUT2D eigenvalue weighted by molar-refractivity contribution is 0.545. The third-order valence-electron chi connectivity index (χ3n) is 2.91. The molecular weight excluding hydrogens is 272 g/mol. The van der Waals surface area contributed by atoms with Crippen molar-refractivity contribution in [2.75, 3.05) is 5.32 Å². The molecule has 5 heteroatoms. The Morgan fingerprint density at radius 1 is 1.25 bits per heavy atom. The zero-order valence-corrected chi connectivity index (χ0v) is 12.9. The summed E-state index contributed by atoms with van der Waals surface area (Å²) in [6.07, 6.45) is 3.60. The standard InChI is InChI=1S/C15H19ClN4/c1-10(11-6-5-7-17-9-11)18-13-8-12(16)19-14(20-13)15(2,3)4/h5-10H,1-4H3,(H,18,19,20). The normalized spacial score (nSPS) is 13.1. The molecule has 0 amide bonds. The number of halogens is 1. The van der Waals surface area contributed by atoms with Gasteiger partial charge in [0.2, 0.25) is 0 Å². The third kappa shape index (κ3) is 3.67. The average molecular weight is 291 g/mol. The van der Waals surface area contributed by atoms with Gasteiger partial charge in [0, 0.05) is 23.9 Å². The molecule has 4 nitrogen and oxygen atoms in total. The molecule has 0 fully saturated rings. The van der Waals surface area contributed by atoms with Crippen molar-refractivity contribution in [2.24, 2.45) is 0 Å². The van der Waals surface area contributed by atoms with Crippen LogP contribution in [0.2, 0.25) is 5.15 Å². The molecule has 2 heterocycles. The van der Waals surface area contributed by atoms with Crippen molar-refractivity contribution in [3.05, 3.63) is 47.1 Å².